The van der Waals surface area contributed by atoms with Gasteiger partial charge in [-0.15, -0.1) is 0 Å². The lowest BCUT2D eigenvalue weighted by Gasteiger charge is -2.24. The molecule has 0 aliphatic carbocycles. The first-order valence-electron chi connectivity index (χ1n) is 9.21. The number of rotatable bonds is 5. The zero-order chi connectivity index (χ0) is 19.5. The molecule has 7 heteroatoms. The van der Waals surface area contributed by atoms with Crippen molar-refractivity contribution in [3.63, 3.8) is 0 Å². The van der Waals surface area contributed by atoms with Crippen LogP contribution in [0.1, 0.15) is 29.1 Å². The van der Waals surface area contributed by atoms with Crippen LogP contribution in [0.3, 0.4) is 0 Å². The third-order valence-electron chi connectivity index (χ3n) is 4.80. The van der Waals surface area contributed by atoms with E-state index in [1.165, 1.54) is 0 Å². The minimum atomic E-state index is -0.482. The summed E-state index contributed by atoms with van der Waals surface area (Å²) in [5, 5.41) is 2.91. The van der Waals surface area contributed by atoms with Gasteiger partial charge in [0.25, 0.3) is 5.91 Å². The van der Waals surface area contributed by atoms with E-state index in [2.05, 4.69) is 10.3 Å². The van der Waals surface area contributed by atoms with Gasteiger partial charge in [-0.3, -0.25) is 9.59 Å². The summed E-state index contributed by atoms with van der Waals surface area (Å²) >= 11 is 0. The second-order valence-corrected chi connectivity index (χ2v) is 6.73. The SMILES string of the molecule is COCc1nc2cc(NC(=O)C3CCCN3C(=O)c3ccccc3)ccc2o1. The van der Waals surface area contributed by atoms with Gasteiger partial charge >= 0.3 is 0 Å². The molecular weight excluding hydrogens is 358 g/mol. The Balaban J connectivity index is 1.49. The number of likely N-dealkylation sites (tertiary alicyclic amines) is 1. The zero-order valence-electron chi connectivity index (χ0n) is 15.6. The monoisotopic (exact) mass is 379 g/mol. The number of carbonyl (C=O) groups excluding carboxylic acids is 2. The predicted molar refractivity (Wildman–Crippen MR) is 104 cm³/mol. The van der Waals surface area contributed by atoms with E-state index < -0.39 is 6.04 Å². The molecule has 1 aliphatic heterocycles. The van der Waals surface area contributed by atoms with Crippen LogP contribution in [-0.2, 0) is 16.1 Å². The normalized spacial score (nSPS) is 16.5. The van der Waals surface area contributed by atoms with Crippen molar-refractivity contribution in [1.29, 1.82) is 0 Å². The van der Waals surface area contributed by atoms with Gasteiger partial charge in [0.15, 0.2) is 5.58 Å². The minimum Gasteiger partial charge on any atom is -0.438 e. The second-order valence-electron chi connectivity index (χ2n) is 6.73. The van der Waals surface area contributed by atoms with Gasteiger partial charge in [0.05, 0.1) is 0 Å². The van der Waals surface area contributed by atoms with Gasteiger partial charge in [-0.1, -0.05) is 18.2 Å². The number of methoxy groups -OCH3 is 1. The van der Waals surface area contributed by atoms with E-state index in [4.69, 9.17) is 9.15 Å². The minimum absolute atomic E-state index is 0.116. The van der Waals surface area contributed by atoms with Crippen LogP contribution in [0.4, 0.5) is 5.69 Å². The number of amides is 2. The summed E-state index contributed by atoms with van der Waals surface area (Å²) in [7, 11) is 1.57. The van der Waals surface area contributed by atoms with E-state index in [0.29, 0.717) is 41.2 Å². The zero-order valence-corrected chi connectivity index (χ0v) is 15.6. The van der Waals surface area contributed by atoms with E-state index in [0.717, 1.165) is 6.42 Å². The van der Waals surface area contributed by atoms with Gasteiger partial charge in [0, 0.05) is 24.9 Å². The highest BCUT2D eigenvalue weighted by Gasteiger charge is 2.34. The molecule has 1 atom stereocenters. The molecule has 0 spiro atoms. The van der Waals surface area contributed by atoms with Crippen LogP contribution in [0.2, 0.25) is 0 Å². The average molecular weight is 379 g/mol. The maximum Gasteiger partial charge on any atom is 0.254 e. The highest BCUT2D eigenvalue weighted by Crippen LogP contribution is 2.24. The Morgan fingerprint density at radius 1 is 1.25 bits per heavy atom. The molecule has 0 radical (unpaired) electrons. The number of hydrogen-bond acceptors (Lipinski definition) is 5. The van der Waals surface area contributed by atoms with Crippen LogP contribution in [-0.4, -0.2) is 41.4 Å². The molecule has 2 aromatic carbocycles. The molecule has 1 N–H and O–H groups in total. The molecule has 1 aliphatic rings. The molecule has 144 valence electrons. The number of aromatic nitrogens is 1. The number of nitrogens with zero attached hydrogens (tertiary/aromatic N) is 2. The third-order valence-corrected chi connectivity index (χ3v) is 4.80. The predicted octanol–water partition coefficient (Wildman–Crippen LogP) is 3.22. The molecular formula is C21H21N3O4. The first-order chi connectivity index (χ1) is 13.7. The molecule has 0 saturated carbocycles. The highest BCUT2D eigenvalue weighted by molar-refractivity contribution is 6.02. The van der Waals surface area contributed by atoms with Gasteiger partial charge in [-0.2, -0.15) is 0 Å². The summed E-state index contributed by atoms with van der Waals surface area (Å²) in [6.07, 6.45) is 1.45. The van der Waals surface area contributed by atoms with Crippen molar-refractivity contribution in [3.05, 3.63) is 60.0 Å². The molecule has 1 fully saturated rings. The second kappa shape index (κ2) is 7.82. The van der Waals surface area contributed by atoms with Gasteiger partial charge < -0.3 is 19.4 Å². The van der Waals surface area contributed by atoms with Crippen molar-refractivity contribution in [3.8, 4) is 0 Å². The van der Waals surface area contributed by atoms with Crippen molar-refractivity contribution in [1.82, 2.24) is 9.88 Å². The number of oxazole rings is 1. The molecule has 1 aromatic heterocycles. The van der Waals surface area contributed by atoms with Crippen molar-refractivity contribution < 1.29 is 18.7 Å². The van der Waals surface area contributed by atoms with Crippen LogP contribution in [0.15, 0.2) is 52.9 Å². The van der Waals surface area contributed by atoms with Crippen LogP contribution >= 0.6 is 0 Å². The lowest BCUT2D eigenvalue weighted by molar-refractivity contribution is -0.119. The molecule has 0 bridgehead atoms. The Morgan fingerprint density at radius 2 is 2.07 bits per heavy atom. The Hall–Kier alpha value is -3.19. The number of benzene rings is 2. The van der Waals surface area contributed by atoms with Gasteiger partial charge in [-0.05, 0) is 43.2 Å². The number of ether oxygens (including phenoxy) is 1. The molecule has 4 rings (SSSR count). The molecule has 3 aromatic rings. The molecule has 7 nitrogen and oxygen atoms in total. The fourth-order valence-electron chi connectivity index (χ4n) is 3.49. The maximum absolute atomic E-state index is 12.8. The Morgan fingerprint density at radius 3 is 2.86 bits per heavy atom. The Bertz CT molecular complexity index is 999. The fraction of sp³-hybridized carbons (Fsp3) is 0.286. The van der Waals surface area contributed by atoms with E-state index >= 15 is 0 Å². The standard InChI is InChI=1S/C21H21N3O4/c1-27-13-19-23-16-12-15(9-10-18(16)28-19)22-20(25)17-8-5-11-24(17)21(26)14-6-3-2-4-7-14/h2-4,6-7,9-10,12,17H,5,8,11,13H2,1H3,(H,22,25). The lowest BCUT2D eigenvalue weighted by atomic mass is 10.1. The van der Waals surface area contributed by atoms with E-state index in [1.54, 1.807) is 42.3 Å². The van der Waals surface area contributed by atoms with Crippen LogP contribution in [0, 0.1) is 0 Å². The largest absolute Gasteiger partial charge is 0.438 e. The number of nitrogens with one attached hydrogen (secondary N) is 1. The van der Waals surface area contributed by atoms with Crippen LogP contribution in [0.5, 0.6) is 0 Å². The Kier molecular flexibility index (Phi) is 5.08. The third kappa shape index (κ3) is 3.61. The Labute approximate surface area is 162 Å². The number of fused-ring (bicyclic) bond motifs is 1. The van der Waals surface area contributed by atoms with Crippen molar-refractivity contribution in [2.24, 2.45) is 0 Å². The lowest BCUT2D eigenvalue weighted by Crippen LogP contribution is -2.43. The quantitative estimate of drug-likeness (QED) is 0.736. The number of anilines is 1. The fourth-order valence-corrected chi connectivity index (χ4v) is 3.49. The topological polar surface area (TPSA) is 84.7 Å². The molecule has 1 unspecified atom stereocenters. The summed E-state index contributed by atoms with van der Waals surface area (Å²) in [6, 6.07) is 13.9. The molecule has 2 amide bonds. The van der Waals surface area contributed by atoms with E-state index in [1.807, 2.05) is 18.2 Å². The summed E-state index contributed by atoms with van der Waals surface area (Å²) in [5.74, 6) is 0.174. The van der Waals surface area contributed by atoms with Crippen LogP contribution < -0.4 is 5.32 Å². The summed E-state index contributed by atoms with van der Waals surface area (Å²) < 4.78 is 10.6. The highest BCUT2D eigenvalue weighted by atomic mass is 16.5. The van der Waals surface area contributed by atoms with Gasteiger partial charge in [0.1, 0.15) is 18.2 Å². The first kappa shape index (κ1) is 18.2. The molecule has 28 heavy (non-hydrogen) atoms. The average Bonchev–Trinajstić information content (AvgIpc) is 3.34. The van der Waals surface area contributed by atoms with Crippen molar-refractivity contribution >= 4 is 28.6 Å². The van der Waals surface area contributed by atoms with Gasteiger partial charge in [-0.25, -0.2) is 4.98 Å². The summed E-state index contributed by atoms with van der Waals surface area (Å²) in [4.78, 5) is 31.6. The number of hydrogen-bond donors (Lipinski definition) is 1. The van der Waals surface area contributed by atoms with Crippen molar-refractivity contribution in [2.75, 3.05) is 19.0 Å². The number of carbonyl (C=O) groups is 2. The first-order valence-corrected chi connectivity index (χ1v) is 9.21. The smallest absolute Gasteiger partial charge is 0.254 e. The van der Waals surface area contributed by atoms with Crippen molar-refractivity contribution in [2.45, 2.75) is 25.5 Å². The molecule has 1 saturated heterocycles. The van der Waals surface area contributed by atoms with Crippen LogP contribution in [0.25, 0.3) is 11.1 Å². The van der Waals surface area contributed by atoms with E-state index in [-0.39, 0.29) is 18.4 Å². The molecule has 2 heterocycles. The summed E-state index contributed by atoms with van der Waals surface area (Å²) in [6.45, 7) is 0.865. The van der Waals surface area contributed by atoms with Gasteiger partial charge in [0.2, 0.25) is 11.8 Å². The van der Waals surface area contributed by atoms with E-state index in [9.17, 15) is 9.59 Å². The summed E-state index contributed by atoms with van der Waals surface area (Å²) in [5.41, 5.74) is 2.49. The maximum atomic E-state index is 12.8.